The van der Waals surface area contributed by atoms with E-state index in [0.29, 0.717) is 10.2 Å². The maximum atomic E-state index is 13.0. The first-order chi connectivity index (χ1) is 6.88. The van der Waals surface area contributed by atoms with Gasteiger partial charge in [-0.2, -0.15) is 0 Å². The van der Waals surface area contributed by atoms with E-state index >= 15 is 0 Å². The van der Waals surface area contributed by atoms with E-state index in [1.54, 1.807) is 6.07 Å². The minimum Gasteiger partial charge on any atom is -0.492 e. The van der Waals surface area contributed by atoms with Crippen LogP contribution >= 0.6 is 15.9 Å². The third-order valence-electron chi connectivity index (χ3n) is 1.61. The highest BCUT2D eigenvalue weighted by atomic mass is 79.9. The average molecular weight is 297 g/mol. The summed E-state index contributed by atoms with van der Waals surface area (Å²) in [7, 11) is -3.04. The molecule has 6 heteroatoms. The fourth-order valence-electron chi connectivity index (χ4n) is 0.878. The molecule has 0 radical (unpaired) electrons. The summed E-state index contributed by atoms with van der Waals surface area (Å²) in [6.45, 7) is 0.0277. The Labute approximate surface area is 96.3 Å². The molecule has 0 fully saturated rings. The molecule has 0 aliphatic rings. The summed E-state index contributed by atoms with van der Waals surface area (Å²) in [4.78, 5) is 0. The van der Waals surface area contributed by atoms with Crippen LogP contribution in [0.4, 0.5) is 4.39 Å². The lowest BCUT2D eigenvalue weighted by atomic mass is 10.3. The molecule has 0 heterocycles. The lowest BCUT2D eigenvalue weighted by Crippen LogP contribution is -2.12. The van der Waals surface area contributed by atoms with Crippen LogP contribution < -0.4 is 4.74 Å². The Morgan fingerprint density at radius 2 is 2.13 bits per heavy atom. The Morgan fingerprint density at radius 1 is 1.47 bits per heavy atom. The van der Waals surface area contributed by atoms with Gasteiger partial charge in [0.2, 0.25) is 0 Å². The van der Waals surface area contributed by atoms with Gasteiger partial charge in [-0.1, -0.05) is 0 Å². The lowest BCUT2D eigenvalue weighted by Gasteiger charge is -2.05. The molecule has 0 N–H and O–H groups in total. The topological polar surface area (TPSA) is 43.4 Å². The second-order valence-corrected chi connectivity index (χ2v) is 6.17. The number of hydrogen-bond acceptors (Lipinski definition) is 3. The van der Waals surface area contributed by atoms with Gasteiger partial charge in [0, 0.05) is 12.3 Å². The van der Waals surface area contributed by atoms with Gasteiger partial charge in [0.1, 0.15) is 18.2 Å². The van der Waals surface area contributed by atoms with Crippen molar-refractivity contribution in [1.29, 1.82) is 0 Å². The molecule has 1 rings (SSSR count). The molecule has 0 saturated heterocycles. The number of sulfone groups is 1. The molecule has 0 aromatic heterocycles. The number of halogens is 2. The van der Waals surface area contributed by atoms with Crippen molar-refractivity contribution in [1.82, 2.24) is 0 Å². The quantitative estimate of drug-likeness (QED) is 0.854. The van der Waals surface area contributed by atoms with E-state index in [2.05, 4.69) is 15.9 Å². The summed E-state index contributed by atoms with van der Waals surface area (Å²) < 4.78 is 40.0. The maximum absolute atomic E-state index is 13.0. The summed E-state index contributed by atoms with van der Waals surface area (Å²) in [5.74, 6) is -0.198. The van der Waals surface area contributed by atoms with E-state index in [9.17, 15) is 12.8 Å². The molecule has 3 nitrogen and oxygen atoms in total. The summed E-state index contributed by atoms with van der Waals surface area (Å²) in [5.41, 5.74) is 0. The second-order valence-electron chi connectivity index (χ2n) is 3.05. The van der Waals surface area contributed by atoms with Crippen LogP contribution in [-0.4, -0.2) is 27.0 Å². The summed E-state index contributed by atoms with van der Waals surface area (Å²) in [5, 5.41) is 0. The lowest BCUT2D eigenvalue weighted by molar-refractivity contribution is 0.339. The summed E-state index contributed by atoms with van der Waals surface area (Å²) in [6, 6.07) is 4.27. The maximum Gasteiger partial charge on any atom is 0.150 e. The molecule has 0 atom stereocenters. The van der Waals surface area contributed by atoms with Crippen molar-refractivity contribution in [3.05, 3.63) is 28.5 Å². The summed E-state index contributed by atoms with van der Waals surface area (Å²) >= 11 is 3.00. The van der Waals surface area contributed by atoms with Crippen molar-refractivity contribution in [3.63, 3.8) is 0 Å². The molecule has 84 valence electrons. The molecule has 15 heavy (non-hydrogen) atoms. The van der Waals surface area contributed by atoms with Crippen molar-refractivity contribution >= 4 is 25.8 Å². The summed E-state index contributed by atoms with van der Waals surface area (Å²) in [6.07, 6.45) is 1.12. The molecule has 1 aromatic carbocycles. The molecule has 0 aliphatic carbocycles. The number of benzene rings is 1. The minimum absolute atomic E-state index is 0.0277. The van der Waals surface area contributed by atoms with Crippen LogP contribution in [0, 0.1) is 5.82 Å². The van der Waals surface area contributed by atoms with Gasteiger partial charge in [-0.05, 0) is 28.1 Å². The zero-order valence-electron chi connectivity index (χ0n) is 8.04. The first kappa shape index (κ1) is 12.4. The van der Waals surface area contributed by atoms with Gasteiger partial charge in [0.15, 0.2) is 9.84 Å². The normalized spacial score (nSPS) is 11.4. The van der Waals surface area contributed by atoms with Crippen molar-refractivity contribution in [3.8, 4) is 5.75 Å². The third kappa shape index (κ3) is 4.61. The van der Waals surface area contributed by atoms with Crippen molar-refractivity contribution in [2.24, 2.45) is 0 Å². The van der Waals surface area contributed by atoms with Crippen molar-refractivity contribution < 1.29 is 17.5 Å². The van der Waals surface area contributed by atoms with Crippen molar-refractivity contribution in [2.45, 2.75) is 0 Å². The number of ether oxygens (including phenoxy) is 1. The van der Waals surface area contributed by atoms with Gasteiger partial charge < -0.3 is 4.74 Å². The Balaban J connectivity index is 2.55. The molecule has 0 amide bonds. The van der Waals surface area contributed by atoms with Crippen LogP contribution in [0.5, 0.6) is 5.75 Å². The van der Waals surface area contributed by atoms with E-state index in [1.807, 2.05) is 0 Å². The fraction of sp³-hybridized carbons (Fsp3) is 0.333. The van der Waals surface area contributed by atoms with Gasteiger partial charge in [0.25, 0.3) is 0 Å². The van der Waals surface area contributed by atoms with Gasteiger partial charge in [-0.15, -0.1) is 0 Å². The monoisotopic (exact) mass is 296 g/mol. The fourth-order valence-corrected chi connectivity index (χ4v) is 1.51. The predicted molar refractivity (Wildman–Crippen MR) is 59.3 cm³/mol. The standard InChI is InChI=1S/C9H10BrFO3S/c1-15(12,13)5-4-14-7-2-3-8(10)9(11)6-7/h2-3,6H,4-5H2,1H3. The largest absolute Gasteiger partial charge is 0.492 e. The van der Waals surface area contributed by atoms with Crippen LogP contribution in [0.3, 0.4) is 0 Å². The van der Waals surface area contributed by atoms with Gasteiger partial charge in [-0.25, -0.2) is 12.8 Å². The first-order valence-electron chi connectivity index (χ1n) is 4.14. The van der Waals surface area contributed by atoms with Crippen LogP contribution in [0.15, 0.2) is 22.7 Å². The smallest absolute Gasteiger partial charge is 0.150 e. The van der Waals surface area contributed by atoms with Crippen LogP contribution in [-0.2, 0) is 9.84 Å². The molecular formula is C9H10BrFO3S. The Hall–Kier alpha value is -0.620. The molecule has 0 spiro atoms. The highest BCUT2D eigenvalue weighted by molar-refractivity contribution is 9.10. The van der Waals surface area contributed by atoms with Crippen LogP contribution in [0.2, 0.25) is 0 Å². The van der Waals surface area contributed by atoms with Crippen molar-refractivity contribution in [2.75, 3.05) is 18.6 Å². The van der Waals surface area contributed by atoms with E-state index < -0.39 is 15.7 Å². The van der Waals surface area contributed by atoms with E-state index in [-0.39, 0.29) is 12.4 Å². The highest BCUT2D eigenvalue weighted by Crippen LogP contribution is 2.20. The average Bonchev–Trinajstić information content (AvgIpc) is 2.09. The van der Waals surface area contributed by atoms with Crippen LogP contribution in [0.1, 0.15) is 0 Å². The zero-order chi connectivity index (χ0) is 11.5. The van der Waals surface area contributed by atoms with E-state index in [1.165, 1.54) is 12.1 Å². The van der Waals surface area contributed by atoms with E-state index in [0.717, 1.165) is 6.26 Å². The molecule has 0 saturated carbocycles. The Kier molecular flexibility index (Phi) is 4.10. The predicted octanol–water partition coefficient (Wildman–Crippen LogP) is 2.01. The van der Waals surface area contributed by atoms with E-state index in [4.69, 9.17) is 4.74 Å². The SMILES string of the molecule is CS(=O)(=O)CCOc1ccc(Br)c(F)c1. The number of rotatable bonds is 4. The van der Waals surface area contributed by atoms with Gasteiger partial charge >= 0.3 is 0 Å². The Bertz CT molecular complexity index is 445. The Morgan fingerprint density at radius 3 is 2.67 bits per heavy atom. The van der Waals surface area contributed by atoms with Gasteiger partial charge in [-0.3, -0.25) is 0 Å². The minimum atomic E-state index is -3.04. The molecular weight excluding hydrogens is 287 g/mol. The zero-order valence-corrected chi connectivity index (χ0v) is 10.4. The van der Waals surface area contributed by atoms with Crippen LogP contribution in [0.25, 0.3) is 0 Å². The molecule has 1 aromatic rings. The first-order valence-corrected chi connectivity index (χ1v) is 6.99. The highest BCUT2D eigenvalue weighted by Gasteiger charge is 2.04. The van der Waals surface area contributed by atoms with Gasteiger partial charge in [0.05, 0.1) is 10.2 Å². The molecule has 0 aliphatic heterocycles. The number of hydrogen-bond donors (Lipinski definition) is 0. The second kappa shape index (κ2) is 4.94. The third-order valence-corrected chi connectivity index (χ3v) is 3.17. The molecule has 0 unspecified atom stereocenters. The molecule has 0 bridgehead atoms.